The maximum absolute atomic E-state index is 13.3. The molecular formula is C20H20N2O4. The predicted molar refractivity (Wildman–Crippen MR) is 95.5 cm³/mol. The van der Waals surface area contributed by atoms with Gasteiger partial charge in [0.05, 0.1) is 0 Å². The Hall–Kier alpha value is -3.15. The molecule has 1 N–H and O–H groups in total. The second kappa shape index (κ2) is 7.00. The molecule has 4 amide bonds. The Morgan fingerprint density at radius 3 is 1.88 bits per heavy atom. The van der Waals surface area contributed by atoms with Crippen LogP contribution in [0, 0.1) is 0 Å². The van der Waals surface area contributed by atoms with Gasteiger partial charge in [0.2, 0.25) is 0 Å². The molecule has 1 fully saturated rings. The smallest absolute Gasteiger partial charge is 0.422 e. The van der Waals surface area contributed by atoms with E-state index in [1.165, 1.54) is 4.90 Å². The topological polar surface area (TPSA) is 77.9 Å². The number of nitrogens with zero attached hydrogens (tertiary/aromatic N) is 2. The summed E-state index contributed by atoms with van der Waals surface area (Å²) < 4.78 is 0. The van der Waals surface area contributed by atoms with Crippen molar-refractivity contribution in [1.82, 2.24) is 9.80 Å². The first kappa shape index (κ1) is 17.7. The Morgan fingerprint density at radius 1 is 0.962 bits per heavy atom. The van der Waals surface area contributed by atoms with Crippen LogP contribution in [0.5, 0.6) is 0 Å². The van der Waals surface area contributed by atoms with Crippen LogP contribution in [0.4, 0.5) is 9.59 Å². The third-order valence-electron chi connectivity index (χ3n) is 4.65. The summed E-state index contributed by atoms with van der Waals surface area (Å²) in [6.07, 6.45) is -0.0891. The maximum Gasteiger partial charge on any atom is 0.422 e. The molecule has 6 nitrogen and oxygen atoms in total. The number of benzene rings is 2. The molecule has 0 bridgehead atoms. The summed E-state index contributed by atoms with van der Waals surface area (Å²) in [5.74, 6) is -0.761. The standard InChI is InChI=1S/C20H20N2O4/c1-2-3-14-21-18(24)22(19(25)26)17(23)20(21,15-10-6-4-7-11-15)16-12-8-5-9-13-16/h4-13H,2-3,14H2,1H3,(H,25,26). The Morgan fingerprint density at radius 2 is 1.46 bits per heavy atom. The minimum absolute atomic E-state index is 0.286. The lowest BCUT2D eigenvalue weighted by Crippen LogP contribution is -2.48. The predicted octanol–water partition coefficient (Wildman–Crippen LogP) is 3.67. The van der Waals surface area contributed by atoms with Crippen molar-refractivity contribution >= 4 is 18.0 Å². The Labute approximate surface area is 151 Å². The van der Waals surface area contributed by atoms with Crippen LogP contribution >= 0.6 is 0 Å². The van der Waals surface area contributed by atoms with E-state index in [1.54, 1.807) is 48.5 Å². The van der Waals surface area contributed by atoms with E-state index < -0.39 is 23.6 Å². The van der Waals surface area contributed by atoms with Gasteiger partial charge in [-0.25, -0.2) is 9.59 Å². The van der Waals surface area contributed by atoms with Gasteiger partial charge in [-0.1, -0.05) is 74.0 Å². The lowest BCUT2D eigenvalue weighted by atomic mass is 9.81. The summed E-state index contributed by atoms with van der Waals surface area (Å²) in [6, 6.07) is 16.9. The van der Waals surface area contributed by atoms with Gasteiger partial charge in [-0.2, -0.15) is 4.90 Å². The first-order chi connectivity index (χ1) is 12.5. The zero-order valence-electron chi connectivity index (χ0n) is 14.5. The average Bonchev–Trinajstić information content (AvgIpc) is 2.88. The molecule has 26 heavy (non-hydrogen) atoms. The molecule has 0 spiro atoms. The van der Waals surface area contributed by atoms with Gasteiger partial charge in [0, 0.05) is 6.54 Å². The number of amides is 4. The minimum atomic E-state index is -1.56. The monoisotopic (exact) mass is 352 g/mol. The average molecular weight is 352 g/mol. The fourth-order valence-electron chi connectivity index (χ4n) is 3.46. The molecule has 0 radical (unpaired) electrons. The molecule has 0 saturated carbocycles. The van der Waals surface area contributed by atoms with Crippen molar-refractivity contribution in [2.75, 3.05) is 6.54 Å². The first-order valence-corrected chi connectivity index (χ1v) is 8.55. The zero-order chi connectivity index (χ0) is 18.7. The molecule has 2 aromatic rings. The van der Waals surface area contributed by atoms with Gasteiger partial charge >= 0.3 is 12.1 Å². The minimum Gasteiger partial charge on any atom is -0.464 e. The molecule has 1 aliphatic rings. The Balaban J connectivity index is 2.30. The lowest BCUT2D eigenvalue weighted by Gasteiger charge is -2.36. The molecule has 134 valence electrons. The van der Waals surface area contributed by atoms with E-state index in [0.717, 1.165) is 6.42 Å². The third-order valence-corrected chi connectivity index (χ3v) is 4.65. The number of carboxylic acid groups (broad SMARTS) is 1. The van der Waals surface area contributed by atoms with Gasteiger partial charge in [-0.15, -0.1) is 0 Å². The molecule has 2 aromatic carbocycles. The van der Waals surface area contributed by atoms with Gasteiger partial charge in [-0.3, -0.25) is 4.79 Å². The van der Waals surface area contributed by atoms with Gasteiger partial charge in [0.25, 0.3) is 5.91 Å². The number of rotatable bonds is 5. The van der Waals surface area contributed by atoms with Gasteiger partial charge in [-0.05, 0) is 17.5 Å². The van der Waals surface area contributed by atoms with Crippen molar-refractivity contribution in [3.05, 3.63) is 71.8 Å². The molecule has 6 heteroatoms. The summed E-state index contributed by atoms with van der Waals surface area (Å²) in [5, 5.41) is 9.48. The van der Waals surface area contributed by atoms with Crippen molar-refractivity contribution in [3.63, 3.8) is 0 Å². The second-order valence-electron chi connectivity index (χ2n) is 6.15. The van der Waals surface area contributed by atoms with Crippen LogP contribution in [0.15, 0.2) is 60.7 Å². The van der Waals surface area contributed by atoms with Gasteiger partial charge < -0.3 is 10.0 Å². The zero-order valence-corrected chi connectivity index (χ0v) is 14.5. The number of carbonyl (C=O) groups excluding carboxylic acids is 2. The molecule has 1 saturated heterocycles. The molecule has 0 aromatic heterocycles. The molecule has 0 unspecified atom stereocenters. The van der Waals surface area contributed by atoms with Crippen LogP contribution < -0.4 is 0 Å². The van der Waals surface area contributed by atoms with Crippen LogP contribution in [-0.4, -0.2) is 39.5 Å². The summed E-state index contributed by atoms with van der Waals surface area (Å²) in [4.78, 5) is 39.6. The van der Waals surface area contributed by atoms with Crippen LogP contribution in [0.25, 0.3) is 0 Å². The quantitative estimate of drug-likeness (QED) is 0.833. The second-order valence-corrected chi connectivity index (χ2v) is 6.15. The van der Waals surface area contributed by atoms with E-state index in [-0.39, 0.29) is 6.54 Å². The van der Waals surface area contributed by atoms with Gasteiger partial charge in [0.15, 0.2) is 5.54 Å². The highest BCUT2D eigenvalue weighted by Gasteiger charge is 2.61. The van der Waals surface area contributed by atoms with E-state index in [2.05, 4.69) is 0 Å². The third kappa shape index (κ3) is 2.54. The van der Waals surface area contributed by atoms with E-state index in [4.69, 9.17) is 0 Å². The van der Waals surface area contributed by atoms with Gasteiger partial charge in [0.1, 0.15) is 0 Å². The SMILES string of the molecule is CCCCN1C(=O)N(C(=O)O)C(=O)C1(c1ccccc1)c1ccccc1. The first-order valence-electron chi connectivity index (χ1n) is 8.55. The van der Waals surface area contributed by atoms with E-state index in [0.29, 0.717) is 22.4 Å². The highest BCUT2D eigenvalue weighted by Crippen LogP contribution is 2.43. The lowest BCUT2D eigenvalue weighted by molar-refractivity contribution is -0.130. The summed E-state index contributed by atoms with van der Waals surface area (Å²) >= 11 is 0. The number of unbranched alkanes of at least 4 members (excludes halogenated alkanes) is 1. The van der Waals surface area contributed by atoms with E-state index in [9.17, 15) is 19.5 Å². The normalized spacial score (nSPS) is 16.2. The van der Waals surface area contributed by atoms with Crippen molar-refractivity contribution in [2.24, 2.45) is 0 Å². The molecule has 0 aliphatic carbocycles. The maximum atomic E-state index is 13.3. The van der Waals surface area contributed by atoms with E-state index in [1.807, 2.05) is 19.1 Å². The number of urea groups is 1. The number of hydrogen-bond donors (Lipinski definition) is 1. The summed E-state index contributed by atoms with van der Waals surface area (Å²) in [6.45, 7) is 2.26. The largest absolute Gasteiger partial charge is 0.464 e. The molecule has 1 aliphatic heterocycles. The van der Waals surface area contributed by atoms with Crippen LogP contribution in [0.1, 0.15) is 30.9 Å². The van der Waals surface area contributed by atoms with Crippen molar-refractivity contribution in [1.29, 1.82) is 0 Å². The van der Waals surface area contributed by atoms with Crippen molar-refractivity contribution < 1.29 is 19.5 Å². The Kier molecular flexibility index (Phi) is 4.75. The van der Waals surface area contributed by atoms with Crippen LogP contribution in [0.3, 0.4) is 0 Å². The van der Waals surface area contributed by atoms with E-state index >= 15 is 0 Å². The van der Waals surface area contributed by atoms with Crippen LogP contribution in [-0.2, 0) is 10.3 Å². The van der Waals surface area contributed by atoms with Crippen molar-refractivity contribution in [2.45, 2.75) is 25.3 Å². The molecule has 1 heterocycles. The highest BCUT2D eigenvalue weighted by molar-refractivity contribution is 6.18. The molecule has 0 atom stereocenters. The highest BCUT2D eigenvalue weighted by atomic mass is 16.4. The summed E-state index contributed by atoms with van der Waals surface area (Å²) in [7, 11) is 0. The number of imide groups is 3. The fourth-order valence-corrected chi connectivity index (χ4v) is 3.46. The van der Waals surface area contributed by atoms with Crippen LogP contribution in [0.2, 0.25) is 0 Å². The van der Waals surface area contributed by atoms with Crippen molar-refractivity contribution in [3.8, 4) is 0 Å². The fraction of sp³-hybridized carbons (Fsp3) is 0.250. The number of carbonyl (C=O) groups is 3. The number of hydrogen-bond acceptors (Lipinski definition) is 3. The molecular weight excluding hydrogens is 332 g/mol. The Bertz CT molecular complexity index is 781. The summed E-state index contributed by atoms with van der Waals surface area (Å²) in [5.41, 5.74) is -0.332. The molecule has 3 rings (SSSR count).